The predicted octanol–water partition coefficient (Wildman–Crippen LogP) is 4.15. The van der Waals surface area contributed by atoms with Crippen LogP contribution in [0.1, 0.15) is 13.3 Å². The molecule has 0 saturated carbocycles. The van der Waals surface area contributed by atoms with Crippen LogP contribution in [0.15, 0.2) is 22.8 Å². The standard InChI is InChI=1S/C13H11BrF3N3/c1-2-3-18-13-8(14)6-19-12(20-13)7-4-9(15)11(17)10(16)5-7/h4-6H,2-3H2,1H3,(H,18,19,20). The first-order valence-corrected chi connectivity index (χ1v) is 6.73. The van der Waals surface area contributed by atoms with E-state index in [1.54, 1.807) is 0 Å². The van der Waals surface area contributed by atoms with Crippen LogP contribution in [0.5, 0.6) is 0 Å². The number of anilines is 1. The molecule has 2 aromatic rings. The van der Waals surface area contributed by atoms with Gasteiger partial charge in [-0.3, -0.25) is 0 Å². The van der Waals surface area contributed by atoms with Gasteiger partial charge < -0.3 is 5.32 Å². The lowest BCUT2D eigenvalue weighted by Gasteiger charge is -2.08. The maximum absolute atomic E-state index is 13.2. The number of hydrogen-bond acceptors (Lipinski definition) is 3. The highest BCUT2D eigenvalue weighted by Gasteiger charge is 2.14. The molecule has 0 aliphatic carbocycles. The molecule has 0 bridgehead atoms. The summed E-state index contributed by atoms with van der Waals surface area (Å²) in [6.45, 7) is 2.69. The quantitative estimate of drug-likeness (QED) is 0.846. The molecule has 0 aliphatic rings. The van der Waals surface area contributed by atoms with E-state index in [-0.39, 0.29) is 11.4 Å². The van der Waals surface area contributed by atoms with Gasteiger partial charge in [-0.25, -0.2) is 23.1 Å². The van der Waals surface area contributed by atoms with Gasteiger partial charge in [0.15, 0.2) is 23.3 Å². The summed E-state index contributed by atoms with van der Waals surface area (Å²) in [6, 6.07) is 1.73. The van der Waals surface area contributed by atoms with Crippen molar-refractivity contribution in [2.24, 2.45) is 0 Å². The molecule has 3 nitrogen and oxygen atoms in total. The molecule has 0 aliphatic heterocycles. The second-order valence-corrected chi connectivity index (χ2v) is 4.93. The third-order valence-electron chi connectivity index (χ3n) is 2.53. The van der Waals surface area contributed by atoms with E-state index >= 15 is 0 Å². The summed E-state index contributed by atoms with van der Waals surface area (Å²) in [4.78, 5) is 8.14. The minimum Gasteiger partial charge on any atom is -0.369 e. The Morgan fingerprint density at radius 3 is 2.45 bits per heavy atom. The Hall–Kier alpha value is -1.63. The first-order valence-electron chi connectivity index (χ1n) is 5.94. The van der Waals surface area contributed by atoms with E-state index in [0.717, 1.165) is 18.6 Å². The highest BCUT2D eigenvalue weighted by atomic mass is 79.9. The van der Waals surface area contributed by atoms with Gasteiger partial charge in [0.1, 0.15) is 5.82 Å². The zero-order chi connectivity index (χ0) is 14.7. The van der Waals surface area contributed by atoms with Gasteiger partial charge in [-0.05, 0) is 34.5 Å². The summed E-state index contributed by atoms with van der Waals surface area (Å²) in [5.41, 5.74) is 0.0773. The summed E-state index contributed by atoms with van der Waals surface area (Å²) < 4.78 is 40.0. The van der Waals surface area contributed by atoms with E-state index in [2.05, 4.69) is 31.2 Å². The fraction of sp³-hybridized carbons (Fsp3) is 0.231. The van der Waals surface area contributed by atoms with Crippen molar-refractivity contribution in [1.29, 1.82) is 0 Å². The van der Waals surface area contributed by atoms with Crippen molar-refractivity contribution in [3.63, 3.8) is 0 Å². The van der Waals surface area contributed by atoms with Gasteiger partial charge in [0.2, 0.25) is 0 Å². The van der Waals surface area contributed by atoms with Crippen molar-refractivity contribution in [3.8, 4) is 11.4 Å². The molecule has 1 aromatic heterocycles. The summed E-state index contributed by atoms with van der Waals surface area (Å²) in [5, 5.41) is 3.05. The van der Waals surface area contributed by atoms with Crippen LogP contribution >= 0.6 is 15.9 Å². The van der Waals surface area contributed by atoms with E-state index in [9.17, 15) is 13.2 Å². The number of nitrogens with one attached hydrogen (secondary N) is 1. The maximum atomic E-state index is 13.2. The third-order valence-corrected chi connectivity index (χ3v) is 3.11. The Labute approximate surface area is 122 Å². The molecule has 20 heavy (non-hydrogen) atoms. The Bertz CT molecular complexity index is 611. The van der Waals surface area contributed by atoms with Crippen molar-refractivity contribution in [1.82, 2.24) is 9.97 Å². The lowest BCUT2D eigenvalue weighted by Crippen LogP contribution is -2.04. The van der Waals surface area contributed by atoms with Crippen LogP contribution in [0.4, 0.5) is 19.0 Å². The zero-order valence-electron chi connectivity index (χ0n) is 10.6. The van der Waals surface area contributed by atoms with E-state index in [1.807, 2.05) is 6.92 Å². The van der Waals surface area contributed by atoms with Gasteiger partial charge in [0.05, 0.1) is 4.47 Å². The van der Waals surface area contributed by atoms with Gasteiger partial charge >= 0.3 is 0 Å². The second kappa shape index (κ2) is 6.21. The monoisotopic (exact) mass is 345 g/mol. The SMILES string of the molecule is CCCNc1nc(-c2cc(F)c(F)c(F)c2)ncc1Br. The molecule has 0 fully saturated rings. The first kappa shape index (κ1) is 14.8. The van der Waals surface area contributed by atoms with Crippen LogP contribution in [0, 0.1) is 17.5 Å². The van der Waals surface area contributed by atoms with Crippen LogP contribution in [-0.4, -0.2) is 16.5 Å². The number of nitrogens with zero attached hydrogens (tertiary/aromatic N) is 2. The molecule has 0 radical (unpaired) electrons. The average Bonchev–Trinajstić information content (AvgIpc) is 2.43. The highest BCUT2D eigenvalue weighted by molar-refractivity contribution is 9.10. The fourth-order valence-corrected chi connectivity index (χ4v) is 1.89. The Kier molecular flexibility index (Phi) is 4.59. The molecule has 0 unspecified atom stereocenters. The molecule has 1 aromatic carbocycles. The fourth-order valence-electron chi connectivity index (χ4n) is 1.56. The molecule has 0 spiro atoms. The lowest BCUT2D eigenvalue weighted by molar-refractivity contribution is 0.447. The van der Waals surface area contributed by atoms with Gasteiger partial charge in [-0.2, -0.15) is 0 Å². The van der Waals surface area contributed by atoms with Crippen molar-refractivity contribution in [2.75, 3.05) is 11.9 Å². The largest absolute Gasteiger partial charge is 0.369 e. The van der Waals surface area contributed by atoms with E-state index in [4.69, 9.17) is 0 Å². The van der Waals surface area contributed by atoms with Crippen molar-refractivity contribution >= 4 is 21.7 Å². The van der Waals surface area contributed by atoms with Gasteiger partial charge in [0.25, 0.3) is 0 Å². The molecular weight excluding hydrogens is 335 g/mol. The maximum Gasteiger partial charge on any atom is 0.194 e. The third kappa shape index (κ3) is 3.09. The molecule has 0 amide bonds. The molecule has 7 heteroatoms. The topological polar surface area (TPSA) is 37.8 Å². The Morgan fingerprint density at radius 1 is 1.20 bits per heavy atom. The predicted molar refractivity (Wildman–Crippen MR) is 73.8 cm³/mol. The molecule has 1 N–H and O–H groups in total. The van der Waals surface area contributed by atoms with Gasteiger partial charge in [-0.1, -0.05) is 6.92 Å². The van der Waals surface area contributed by atoms with Crippen molar-refractivity contribution in [3.05, 3.63) is 40.3 Å². The number of aromatic nitrogens is 2. The van der Waals surface area contributed by atoms with Crippen molar-refractivity contribution < 1.29 is 13.2 Å². The van der Waals surface area contributed by atoms with E-state index < -0.39 is 17.5 Å². The number of halogens is 4. The molecule has 2 rings (SSSR count). The smallest absolute Gasteiger partial charge is 0.194 e. The van der Waals surface area contributed by atoms with Crippen LogP contribution < -0.4 is 5.32 Å². The molecule has 106 valence electrons. The first-order chi connectivity index (χ1) is 9.52. The van der Waals surface area contributed by atoms with E-state index in [0.29, 0.717) is 16.8 Å². The highest BCUT2D eigenvalue weighted by Crippen LogP contribution is 2.25. The molecule has 0 saturated heterocycles. The number of rotatable bonds is 4. The summed E-state index contributed by atoms with van der Waals surface area (Å²) >= 11 is 3.28. The normalized spacial score (nSPS) is 10.7. The van der Waals surface area contributed by atoms with Crippen LogP contribution in [0.3, 0.4) is 0 Å². The van der Waals surface area contributed by atoms with Crippen LogP contribution in [0.25, 0.3) is 11.4 Å². The zero-order valence-corrected chi connectivity index (χ0v) is 12.1. The number of benzene rings is 1. The minimum absolute atomic E-state index is 0.0773. The lowest BCUT2D eigenvalue weighted by atomic mass is 10.2. The molecule has 1 heterocycles. The Balaban J connectivity index is 2.42. The van der Waals surface area contributed by atoms with Crippen LogP contribution in [0.2, 0.25) is 0 Å². The van der Waals surface area contributed by atoms with Gasteiger partial charge in [0, 0.05) is 18.3 Å². The minimum atomic E-state index is -1.50. The summed E-state index contributed by atoms with van der Waals surface area (Å²) in [7, 11) is 0. The van der Waals surface area contributed by atoms with E-state index in [1.165, 1.54) is 6.20 Å². The second-order valence-electron chi connectivity index (χ2n) is 4.07. The summed E-state index contributed by atoms with van der Waals surface area (Å²) in [6.07, 6.45) is 2.37. The Morgan fingerprint density at radius 2 is 1.85 bits per heavy atom. The average molecular weight is 346 g/mol. The van der Waals surface area contributed by atoms with Crippen molar-refractivity contribution in [2.45, 2.75) is 13.3 Å². The molecule has 0 atom stereocenters. The van der Waals surface area contributed by atoms with Crippen LogP contribution in [-0.2, 0) is 0 Å². The molecular formula is C13H11BrF3N3. The number of hydrogen-bond donors (Lipinski definition) is 1. The van der Waals surface area contributed by atoms with Gasteiger partial charge in [-0.15, -0.1) is 0 Å². The summed E-state index contributed by atoms with van der Waals surface area (Å²) in [5.74, 6) is -3.41.